The molecule has 0 heterocycles. The molecule has 1 atom stereocenters. The number of fused-ring (bicyclic) bond motifs is 1. The molecule has 0 bridgehead atoms. The third kappa shape index (κ3) is 2.58. The van der Waals surface area contributed by atoms with E-state index in [9.17, 15) is 4.79 Å². The number of nitrogens with zero attached hydrogens (tertiary/aromatic N) is 1. The fourth-order valence-electron chi connectivity index (χ4n) is 2.84. The van der Waals surface area contributed by atoms with Crippen LogP contribution >= 0.6 is 11.6 Å². The van der Waals surface area contributed by atoms with E-state index in [0.29, 0.717) is 34.9 Å². The molecule has 0 spiro atoms. The Morgan fingerprint density at radius 1 is 1.36 bits per heavy atom. The van der Waals surface area contributed by atoms with Crippen molar-refractivity contribution in [3.63, 3.8) is 0 Å². The summed E-state index contributed by atoms with van der Waals surface area (Å²) >= 11 is 6.21. The predicted molar refractivity (Wildman–Crippen MR) is 84.3 cm³/mol. The molecular weight excluding hydrogens is 298 g/mol. The molecule has 4 heteroatoms. The van der Waals surface area contributed by atoms with Crippen LogP contribution in [0.4, 0.5) is 0 Å². The highest BCUT2D eigenvalue weighted by Gasteiger charge is 2.31. The zero-order chi connectivity index (χ0) is 15.7. The van der Waals surface area contributed by atoms with E-state index in [2.05, 4.69) is 6.07 Å². The highest BCUT2D eigenvalue weighted by molar-refractivity contribution is 6.32. The molecule has 0 saturated carbocycles. The van der Waals surface area contributed by atoms with Crippen molar-refractivity contribution in [1.29, 1.82) is 5.26 Å². The third-order valence-corrected chi connectivity index (χ3v) is 4.20. The van der Waals surface area contributed by atoms with Gasteiger partial charge in [-0.05, 0) is 41.3 Å². The molecule has 2 aromatic carbocycles. The lowest BCUT2D eigenvalue weighted by atomic mass is 10.0. The van der Waals surface area contributed by atoms with Gasteiger partial charge in [0, 0.05) is 11.4 Å². The first kappa shape index (κ1) is 14.6. The minimum Gasteiger partial charge on any atom is -0.488 e. The number of Topliss-reactive ketones (excluding diaryl/α,β-unsaturated/α-hetero) is 1. The number of nitriles is 1. The molecule has 0 amide bonds. The highest BCUT2D eigenvalue weighted by atomic mass is 35.5. The van der Waals surface area contributed by atoms with Crippen LogP contribution in [0, 0.1) is 11.3 Å². The molecule has 1 aliphatic rings. The number of hydrogen-bond acceptors (Lipinski definition) is 3. The summed E-state index contributed by atoms with van der Waals surface area (Å²) in [5, 5.41) is 9.54. The number of ether oxygens (including phenoxy) is 1. The van der Waals surface area contributed by atoms with Gasteiger partial charge in [-0.2, -0.15) is 5.26 Å². The van der Waals surface area contributed by atoms with Crippen LogP contribution in [0.1, 0.15) is 46.3 Å². The molecule has 0 radical (unpaired) electrons. The summed E-state index contributed by atoms with van der Waals surface area (Å²) in [5.41, 5.74) is 2.97. The molecule has 0 fully saturated rings. The van der Waals surface area contributed by atoms with Crippen molar-refractivity contribution in [1.82, 2.24) is 0 Å². The zero-order valence-corrected chi connectivity index (χ0v) is 12.9. The molecular formula is C18H14ClNO2. The van der Waals surface area contributed by atoms with Crippen molar-refractivity contribution in [2.24, 2.45) is 0 Å². The van der Waals surface area contributed by atoms with Crippen molar-refractivity contribution in [3.05, 3.63) is 63.7 Å². The van der Waals surface area contributed by atoms with Crippen LogP contribution in [0.3, 0.4) is 0 Å². The lowest BCUT2D eigenvalue weighted by Crippen LogP contribution is -2.02. The molecule has 0 saturated heterocycles. The molecule has 110 valence electrons. The average molecular weight is 312 g/mol. The highest BCUT2D eigenvalue weighted by Crippen LogP contribution is 2.42. The van der Waals surface area contributed by atoms with Crippen LogP contribution in [0.5, 0.6) is 5.75 Å². The first-order chi connectivity index (χ1) is 10.6. The number of halogens is 1. The van der Waals surface area contributed by atoms with Gasteiger partial charge in [0.1, 0.15) is 12.4 Å². The Hall–Kier alpha value is -2.31. The lowest BCUT2D eigenvalue weighted by Gasteiger charge is -2.12. The molecule has 3 nitrogen and oxygen atoms in total. The second-order valence-electron chi connectivity index (χ2n) is 5.46. The molecule has 0 N–H and O–H groups in total. The summed E-state index contributed by atoms with van der Waals surface area (Å²) < 4.78 is 5.82. The minimum absolute atomic E-state index is 0.0748. The first-order valence-electron chi connectivity index (χ1n) is 7.07. The van der Waals surface area contributed by atoms with Crippen molar-refractivity contribution < 1.29 is 9.53 Å². The zero-order valence-electron chi connectivity index (χ0n) is 12.1. The molecule has 1 aliphatic carbocycles. The fourth-order valence-corrected chi connectivity index (χ4v) is 3.18. The van der Waals surface area contributed by atoms with E-state index in [4.69, 9.17) is 21.6 Å². The number of benzene rings is 2. The van der Waals surface area contributed by atoms with Crippen LogP contribution < -0.4 is 4.74 Å². The monoisotopic (exact) mass is 311 g/mol. The first-order valence-corrected chi connectivity index (χ1v) is 7.45. The van der Waals surface area contributed by atoms with E-state index in [1.54, 1.807) is 24.3 Å². The minimum atomic E-state index is 0.0748. The maximum atomic E-state index is 12.2. The van der Waals surface area contributed by atoms with Crippen LogP contribution in [0.25, 0.3) is 0 Å². The molecule has 0 aliphatic heterocycles. The van der Waals surface area contributed by atoms with Gasteiger partial charge in [-0.25, -0.2) is 0 Å². The quantitative estimate of drug-likeness (QED) is 0.839. The Kier molecular flexibility index (Phi) is 3.87. The Balaban J connectivity index is 1.88. The van der Waals surface area contributed by atoms with Crippen molar-refractivity contribution in [3.8, 4) is 11.8 Å². The average Bonchev–Trinajstić information content (AvgIpc) is 2.83. The summed E-state index contributed by atoms with van der Waals surface area (Å²) in [5.74, 6) is 0.766. The number of carbonyl (C=O) groups is 1. The van der Waals surface area contributed by atoms with Gasteiger partial charge in [0.05, 0.1) is 17.2 Å². The van der Waals surface area contributed by atoms with Crippen LogP contribution in [-0.2, 0) is 6.61 Å². The maximum Gasteiger partial charge on any atom is 0.167 e. The maximum absolute atomic E-state index is 12.2. The van der Waals surface area contributed by atoms with Gasteiger partial charge in [-0.3, -0.25) is 4.79 Å². The number of ketones is 1. The molecule has 2 aromatic rings. The molecule has 3 rings (SSSR count). The predicted octanol–water partition coefficient (Wildman–Crippen LogP) is 4.48. The lowest BCUT2D eigenvalue weighted by molar-refractivity contribution is 0.0986. The van der Waals surface area contributed by atoms with Crippen LogP contribution in [-0.4, -0.2) is 5.78 Å². The van der Waals surface area contributed by atoms with E-state index in [0.717, 1.165) is 11.1 Å². The van der Waals surface area contributed by atoms with Crippen molar-refractivity contribution >= 4 is 17.4 Å². The SMILES string of the molecule is C[C@H]1CC(=O)c2c(OCc3cccc(C#N)c3)ccc(Cl)c21. The Morgan fingerprint density at radius 2 is 2.18 bits per heavy atom. The topological polar surface area (TPSA) is 50.1 Å². The van der Waals surface area contributed by atoms with Crippen molar-refractivity contribution in [2.45, 2.75) is 25.9 Å². The Labute approximate surface area is 134 Å². The van der Waals surface area contributed by atoms with Gasteiger partial charge >= 0.3 is 0 Å². The summed E-state index contributed by atoms with van der Waals surface area (Å²) in [6, 6.07) is 12.8. The van der Waals surface area contributed by atoms with Crippen molar-refractivity contribution in [2.75, 3.05) is 0 Å². The fraction of sp³-hybridized carbons (Fsp3) is 0.222. The van der Waals surface area contributed by atoms with Gasteiger partial charge < -0.3 is 4.74 Å². The molecule has 0 unspecified atom stereocenters. The normalized spacial score (nSPS) is 16.2. The van der Waals surface area contributed by atoms with Crippen LogP contribution in [0.15, 0.2) is 36.4 Å². The Bertz CT molecular complexity index is 792. The second-order valence-corrected chi connectivity index (χ2v) is 5.87. The van der Waals surface area contributed by atoms with Gasteiger partial charge in [0.25, 0.3) is 0 Å². The Morgan fingerprint density at radius 3 is 2.95 bits per heavy atom. The van der Waals surface area contributed by atoms with E-state index >= 15 is 0 Å². The van der Waals surface area contributed by atoms with Crippen LogP contribution in [0.2, 0.25) is 5.02 Å². The number of rotatable bonds is 3. The van der Waals surface area contributed by atoms with Gasteiger partial charge in [0.15, 0.2) is 5.78 Å². The van der Waals surface area contributed by atoms with E-state index in [1.165, 1.54) is 0 Å². The van der Waals surface area contributed by atoms with E-state index in [-0.39, 0.29) is 11.7 Å². The summed E-state index contributed by atoms with van der Waals surface area (Å²) in [6.07, 6.45) is 0.472. The standard InChI is InChI=1S/C18H14ClNO2/c1-11-7-15(21)18-16(6-5-14(19)17(11)18)22-10-13-4-2-3-12(8-13)9-20/h2-6,8,11H,7,10H2,1H3/t11-/m0/s1. The second kappa shape index (κ2) is 5.82. The molecule has 22 heavy (non-hydrogen) atoms. The van der Waals surface area contributed by atoms with E-state index < -0.39 is 0 Å². The summed E-state index contributed by atoms with van der Waals surface area (Å²) in [7, 11) is 0. The summed E-state index contributed by atoms with van der Waals surface area (Å²) in [4.78, 5) is 12.2. The van der Waals surface area contributed by atoms with Gasteiger partial charge in [-0.1, -0.05) is 30.7 Å². The molecule has 0 aromatic heterocycles. The number of carbonyl (C=O) groups excluding carboxylic acids is 1. The number of hydrogen-bond donors (Lipinski definition) is 0. The smallest absolute Gasteiger partial charge is 0.167 e. The van der Waals surface area contributed by atoms with E-state index in [1.807, 2.05) is 19.1 Å². The summed E-state index contributed by atoms with van der Waals surface area (Å²) in [6.45, 7) is 2.31. The van der Waals surface area contributed by atoms with Gasteiger partial charge in [-0.15, -0.1) is 0 Å². The largest absolute Gasteiger partial charge is 0.488 e. The van der Waals surface area contributed by atoms with Gasteiger partial charge in [0.2, 0.25) is 0 Å². The third-order valence-electron chi connectivity index (χ3n) is 3.87.